The molecule has 18 heteroatoms. The third-order valence-electron chi connectivity index (χ3n) is 31.8. The summed E-state index contributed by atoms with van der Waals surface area (Å²) < 4.78 is 76.5. The highest BCUT2D eigenvalue weighted by Gasteiger charge is 2.69. The van der Waals surface area contributed by atoms with E-state index in [4.69, 9.17) is 43.6 Å². The number of benzene rings is 2. The van der Waals surface area contributed by atoms with E-state index in [0.29, 0.717) is 72.3 Å². The van der Waals surface area contributed by atoms with Crippen LogP contribution < -0.4 is 10.4 Å². The van der Waals surface area contributed by atoms with Crippen LogP contribution in [0.15, 0.2) is 72.8 Å². The Bertz CT molecular complexity index is 3230. The molecular formula is C85H144O10Si8. The number of hydrogen-bond donors (Lipinski definition) is 0. The van der Waals surface area contributed by atoms with Gasteiger partial charge in [-0.15, -0.1) is 0 Å². The Morgan fingerprint density at radius 3 is 1.45 bits per heavy atom. The van der Waals surface area contributed by atoms with Gasteiger partial charge in [-0.05, 0) is 320 Å². The predicted octanol–water partition coefficient (Wildman–Crippen LogP) is 21.5. The van der Waals surface area contributed by atoms with Gasteiger partial charge in [-0.3, -0.25) is 0 Å². The molecule has 0 amide bonds. The summed E-state index contributed by atoms with van der Waals surface area (Å²) in [5.41, 5.74) is 0.147. The molecule has 0 aromatic heterocycles. The molecule has 26 atom stereocenters. The zero-order valence-electron chi connectivity index (χ0n) is 67.8. The van der Waals surface area contributed by atoms with Gasteiger partial charge in [-0.25, -0.2) is 0 Å². The van der Waals surface area contributed by atoms with E-state index < -0.39 is 67.5 Å². The molecule has 103 heavy (non-hydrogen) atoms. The van der Waals surface area contributed by atoms with Crippen LogP contribution in [0.3, 0.4) is 0 Å². The summed E-state index contributed by atoms with van der Waals surface area (Å²) in [7, 11) is -22.5. The minimum absolute atomic E-state index is 0.0691. The molecule has 26 unspecified atom stereocenters. The van der Waals surface area contributed by atoms with Gasteiger partial charge in [0.2, 0.25) is 0 Å². The molecular weight excluding hydrogens is 1410 g/mol. The Labute approximate surface area is 635 Å². The molecule has 14 aliphatic rings. The van der Waals surface area contributed by atoms with Gasteiger partial charge in [-0.1, -0.05) is 139 Å². The van der Waals surface area contributed by atoms with Crippen molar-refractivity contribution in [2.45, 2.75) is 363 Å². The lowest BCUT2D eigenvalue weighted by molar-refractivity contribution is -0.210. The topological polar surface area (TPSA) is 98.9 Å². The van der Waals surface area contributed by atoms with Gasteiger partial charge in [0.15, 0.2) is 49.9 Å². The van der Waals surface area contributed by atoms with Crippen LogP contribution in [0.2, 0.25) is 113 Å². The van der Waals surface area contributed by atoms with Gasteiger partial charge in [-0.2, -0.15) is 0 Å². The maximum atomic E-state index is 8.68. The van der Waals surface area contributed by atoms with E-state index in [1.807, 2.05) is 0 Å². The molecule has 5 aliphatic heterocycles. The molecule has 11 bridgehead atoms. The van der Waals surface area contributed by atoms with Gasteiger partial charge >= 0.3 is 17.6 Å². The van der Waals surface area contributed by atoms with E-state index in [1.165, 1.54) is 164 Å². The standard InChI is InChI=1S/C85H144O10Si8/c1-18-22-41-84(40-21-4,101(16,17)95-102(72-29-25-23-26-30-72,91-98(10,11)46-37-65-53-71-56-74(65)60(5)86-71)90-96(6,7)44-35-63-50-66-54-76(63)81-79(66)87-81)42-33-62-47-61-48-69(75(62)49-61)59-99(12,13)93-103(73-31-27-24-28-32-73,92-97(8,9)45-36-64-51-67-55-77(64)82-80(67)88-82)94-100(14,15)83(38-19-2,39-20-3)43-34-70-52-68-57-85(70)58-78(68)89-85/h19,23-32,38,60-71,74-82H,18,20-22,33-37,39-59H2,1-17H3/b38-19-. The van der Waals surface area contributed by atoms with Gasteiger partial charge in [0, 0.05) is 21.8 Å². The number of unbranched alkanes of at least 4 members (excludes halogenated alkanes) is 1. The smallest absolute Gasteiger partial charge is 0.413 e. The van der Waals surface area contributed by atoms with Gasteiger partial charge in [0.1, 0.15) is 0 Å². The number of allylic oxidation sites excluding steroid dienone is 2. The number of rotatable bonds is 41. The summed E-state index contributed by atoms with van der Waals surface area (Å²) in [4.78, 5) is 0. The normalized spacial score (nSPS) is 38.9. The highest BCUT2D eigenvalue weighted by molar-refractivity contribution is 6.98. The van der Waals surface area contributed by atoms with E-state index in [2.05, 4.69) is 186 Å². The van der Waals surface area contributed by atoms with Crippen molar-refractivity contribution in [1.29, 1.82) is 0 Å². The predicted molar refractivity (Wildman–Crippen MR) is 440 cm³/mol. The zero-order valence-corrected chi connectivity index (χ0v) is 75.8. The van der Waals surface area contributed by atoms with Crippen LogP contribution in [0, 0.1) is 82.9 Å². The van der Waals surface area contributed by atoms with E-state index >= 15 is 0 Å². The quantitative estimate of drug-likeness (QED) is 0.0364. The average Bonchev–Trinajstić information content (AvgIpc) is 1.52. The fourth-order valence-electron chi connectivity index (χ4n) is 26.6. The summed E-state index contributed by atoms with van der Waals surface area (Å²) in [5.74, 6) is 10.2. The first-order valence-corrected chi connectivity index (χ1v) is 65.2. The molecule has 1 spiro atoms. The number of hydrogen-bond acceptors (Lipinski definition) is 10. The van der Waals surface area contributed by atoms with Gasteiger partial charge in [0.25, 0.3) is 0 Å². The van der Waals surface area contributed by atoms with E-state index in [-0.39, 0.29) is 15.7 Å². The Kier molecular flexibility index (Phi) is 22.3. The van der Waals surface area contributed by atoms with Crippen molar-refractivity contribution in [1.82, 2.24) is 0 Å². The Morgan fingerprint density at radius 2 is 0.981 bits per heavy atom. The molecule has 10 nitrogen and oxygen atoms in total. The summed E-state index contributed by atoms with van der Waals surface area (Å²) in [6, 6.07) is 27.5. The second-order valence-electron chi connectivity index (χ2n) is 41.3. The Balaban J connectivity index is 0.703. The summed E-state index contributed by atoms with van der Waals surface area (Å²) in [6.45, 7) is 42.9. The minimum Gasteiger partial charge on any atom is -0.413 e. The van der Waals surface area contributed by atoms with Crippen LogP contribution >= 0.6 is 0 Å². The lowest BCUT2D eigenvalue weighted by Crippen LogP contribution is -2.70. The highest BCUT2D eigenvalue weighted by atomic mass is 28.5. The molecule has 2 aromatic carbocycles. The van der Waals surface area contributed by atoms with Gasteiger partial charge < -0.3 is 43.6 Å². The molecule has 9 saturated carbocycles. The summed E-state index contributed by atoms with van der Waals surface area (Å²) in [6.07, 6.45) is 41.4. The van der Waals surface area contributed by atoms with Crippen molar-refractivity contribution >= 4 is 77.9 Å². The van der Waals surface area contributed by atoms with E-state index in [9.17, 15) is 0 Å². The lowest BCUT2D eigenvalue weighted by atomic mass is 9.75. The fourth-order valence-corrected chi connectivity index (χ4v) is 63.7. The van der Waals surface area contributed by atoms with Crippen molar-refractivity contribution in [3.8, 4) is 0 Å². The molecule has 5 heterocycles. The minimum atomic E-state index is -3.65. The first-order valence-electron chi connectivity index (χ1n) is 43.5. The van der Waals surface area contributed by atoms with Crippen LogP contribution in [0.4, 0.5) is 0 Å². The Morgan fingerprint density at radius 1 is 0.456 bits per heavy atom. The van der Waals surface area contributed by atoms with Crippen molar-refractivity contribution < 1.29 is 43.6 Å². The second kappa shape index (κ2) is 29.5. The Hall–Kier alpha value is -0.485. The fraction of sp³-hybridized carbons (Fsp3) is 0.835. The third-order valence-corrected chi connectivity index (χ3v) is 65.6. The number of ether oxygens (including phenoxy) is 4. The molecule has 0 N–H and O–H groups in total. The SMILES string of the molecule is C/C=C\C(CCC)(CCC1CC2CC13CC2O3)[Si](C)(C)O[Si](O[Si](C)(C)CCC1CC2CC1C1OC21)(O[Si](C)(C)CC1CC2CC(CCC(CCC)(CCCC)[Si](C)(C)O[Si](O[Si](C)(C)CCC3CC4CC3C(C)O4)(O[Si](C)(C)CCC3CC4CC3C3OC43)c3ccccc3)C1C2)c1ccccc1. The van der Waals surface area contributed by atoms with Gasteiger partial charge in [0.05, 0.1) is 48.3 Å². The van der Waals surface area contributed by atoms with Crippen LogP contribution in [-0.2, 0) is 43.6 Å². The number of epoxide rings is 2. The van der Waals surface area contributed by atoms with Crippen molar-refractivity contribution in [2.24, 2.45) is 82.9 Å². The second-order valence-corrected chi connectivity index (χ2v) is 73.7. The summed E-state index contributed by atoms with van der Waals surface area (Å²) in [5, 5.41) is 2.42. The molecule has 2 aromatic rings. The van der Waals surface area contributed by atoms with E-state index in [0.717, 1.165) is 90.7 Å². The van der Waals surface area contributed by atoms with E-state index in [1.54, 1.807) is 0 Å². The van der Waals surface area contributed by atoms with Crippen molar-refractivity contribution in [3.63, 3.8) is 0 Å². The largest absolute Gasteiger partial charge is 0.505 e. The molecule has 0 radical (unpaired) electrons. The maximum Gasteiger partial charge on any atom is 0.505 e. The molecule has 16 rings (SSSR count). The first-order chi connectivity index (χ1) is 48.9. The van der Waals surface area contributed by atoms with Crippen molar-refractivity contribution in [3.05, 3.63) is 72.8 Å². The zero-order chi connectivity index (χ0) is 72.5. The lowest BCUT2D eigenvalue weighted by Gasteiger charge is -2.52. The average molecular weight is 1550 g/mol. The highest BCUT2D eigenvalue weighted by Crippen LogP contribution is 2.67. The van der Waals surface area contributed by atoms with Crippen LogP contribution in [0.1, 0.15) is 202 Å². The third kappa shape index (κ3) is 15.5. The van der Waals surface area contributed by atoms with Crippen LogP contribution in [0.25, 0.3) is 0 Å². The first kappa shape index (κ1) is 77.8. The van der Waals surface area contributed by atoms with Crippen molar-refractivity contribution in [2.75, 3.05) is 0 Å². The molecule has 14 fully saturated rings. The summed E-state index contributed by atoms with van der Waals surface area (Å²) >= 11 is 0. The molecule has 9 aliphatic carbocycles. The monoisotopic (exact) mass is 1550 g/mol. The maximum absolute atomic E-state index is 8.68. The molecule has 5 saturated heterocycles. The number of fused-ring (bicyclic) bond motifs is 14. The molecule has 576 valence electrons. The van der Waals surface area contributed by atoms with Crippen LogP contribution in [0.5, 0.6) is 0 Å². The van der Waals surface area contributed by atoms with Crippen LogP contribution in [-0.4, -0.2) is 116 Å².